The Morgan fingerprint density at radius 1 is 0.516 bits per heavy atom. The van der Waals surface area contributed by atoms with Gasteiger partial charge in [0, 0.05) is 32.2 Å². The van der Waals surface area contributed by atoms with E-state index in [-0.39, 0.29) is 56.9 Å². The SMILES string of the molecule is CC[C@H](C)[C@H](NC(=O)[C@H](CCC(=O)O)NC(=O)[C@H](CCC(=O)O)NC(=O)[C@H](CCC(=O)O)NC(=O)[C@H](CC(C)C)NC(=O)[C@@H](N)CCC(N)=O)C(=O)N[C@@H](CCCN=C(N)N)C(=O)O. The maximum atomic E-state index is 13.8. The smallest absolute Gasteiger partial charge is 0.326 e. The van der Waals surface area contributed by atoms with Gasteiger partial charge in [0.25, 0.3) is 0 Å². The van der Waals surface area contributed by atoms with Gasteiger partial charge in [-0.25, -0.2) is 4.79 Å². The summed E-state index contributed by atoms with van der Waals surface area (Å²) in [6.45, 7) is 6.69. The summed E-state index contributed by atoms with van der Waals surface area (Å²) < 4.78 is 0. The summed E-state index contributed by atoms with van der Waals surface area (Å²) >= 11 is 0. The monoisotopic (exact) mass is 915 g/mol. The summed E-state index contributed by atoms with van der Waals surface area (Å²) in [6.07, 6.45) is -4.02. The van der Waals surface area contributed by atoms with Crippen molar-refractivity contribution in [3.63, 3.8) is 0 Å². The van der Waals surface area contributed by atoms with Crippen molar-refractivity contribution >= 4 is 71.2 Å². The van der Waals surface area contributed by atoms with E-state index in [0.29, 0.717) is 0 Å². The lowest BCUT2D eigenvalue weighted by Crippen LogP contribution is -2.60. The van der Waals surface area contributed by atoms with Crippen molar-refractivity contribution in [2.45, 2.75) is 147 Å². The van der Waals surface area contributed by atoms with Crippen LogP contribution in [-0.2, 0) is 52.7 Å². The van der Waals surface area contributed by atoms with Crippen molar-refractivity contribution in [3.05, 3.63) is 0 Å². The van der Waals surface area contributed by atoms with Crippen LogP contribution < -0.4 is 54.8 Å². The van der Waals surface area contributed by atoms with E-state index in [2.05, 4.69) is 36.9 Å². The first kappa shape index (κ1) is 57.4. The van der Waals surface area contributed by atoms with Crippen LogP contribution in [-0.4, -0.2) is 140 Å². The molecule has 26 nitrogen and oxygen atoms in total. The highest BCUT2D eigenvalue weighted by atomic mass is 16.4. The third-order valence-corrected chi connectivity index (χ3v) is 9.57. The fourth-order valence-corrected chi connectivity index (χ4v) is 5.82. The molecule has 0 aromatic carbocycles. The van der Waals surface area contributed by atoms with Crippen molar-refractivity contribution in [2.24, 2.45) is 39.8 Å². The number of nitrogens with two attached hydrogens (primary N) is 4. The predicted octanol–water partition coefficient (Wildman–Crippen LogP) is -3.69. The molecule has 0 aliphatic rings. The van der Waals surface area contributed by atoms with Crippen LogP contribution in [0.1, 0.15) is 105 Å². The van der Waals surface area contributed by atoms with Crippen molar-refractivity contribution in [1.82, 2.24) is 31.9 Å². The number of primary amides is 1. The highest BCUT2D eigenvalue weighted by Crippen LogP contribution is 2.13. The third-order valence-electron chi connectivity index (χ3n) is 9.57. The number of carbonyl (C=O) groups excluding carboxylic acids is 7. The second kappa shape index (κ2) is 29.7. The highest BCUT2D eigenvalue weighted by Gasteiger charge is 2.35. The Hall–Kier alpha value is -6.60. The van der Waals surface area contributed by atoms with Gasteiger partial charge in [-0.2, -0.15) is 0 Å². The molecule has 0 aromatic rings. The van der Waals surface area contributed by atoms with Crippen molar-refractivity contribution in [1.29, 1.82) is 0 Å². The van der Waals surface area contributed by atoms with Gasteiger partial charge in [-0.05, 0) is 56.8 Å². The van der Waals surface area contributed by atoms with Gasteiger partial charge in [0.05, 0.1) is 6.04 Å². The van der Waals surface area contributed by atoms with Gasteiger partial charge < -0.3 is 75.3 Å². The largest absolute Gasteiger partial charge is 0.481 e. The topological polar surface area (TPSA) is 457 Å². The molecule has 0 aromatic heterocycles. The highest BCUT2D eigenvalue weighted by molar-refractivity contribution is 5.97. The summed E-state index contributed by atoms with van der Waals surface area (Å²) in [5, 5.41) is 52.0. The van der Waals surface area contributed by atoms with Gasteiger partial charge in [-0.1, -0.05) is 34.1 Å². The molecule has 0 bridgehead atoms. The van der Waals surface area contributed by atoms with E-state index in [1.807, 2.05) is 0 Å². The molecule has 0 rings (SSSR count). The van der Waals surface area contributed by atoms with Gasteiger partial charge in [-0.3, -0.25) is 52.9 Å². The summed E-state index contributed by atoms with van der Waals surface area (Å²) in [5.41, 5.74) is 21.5. The molecule has 0 saturated carbocycles. The molecule has 0 unspecified atom stereocenters. The fraction of sp³-hybridized carbons (Fsp3) is 0.684. The molecule has 18 N–H and O–H groups in total. The molecule has 64 heavy (non-hydrogen) atoms. The average molecular weight is 916 g/mol. The molecule has 362 valence electrons. The first-order valence-electron chi connectivity index (χ1n) is 20.6. The second-order valence-electron chi connectivity index (χ2n) is 15.5. The molecule has 0 saturated heterocycles. The van der Waals surface area contributed by atoms with Crippen molar-refractivity contribution in [3.8, 4) is 0 Å². The third kappa shape index (κ3) is 24.1. The lowest BCUT2D eigenvalue weighted by molar-refractivity contribution is -0.143. The minimum absolute atomic E-state index is 0.00277. The Bertz CT molecular complexity index is 1690. The maximum Gasteiger partial charge on any atom is 0.326 e. The molecule has 26 heteroatoms. The number of guanidine groups is 1. The van der Waals surface area contributed by atoms with Gasteiger partial charge >= 0.3 is 23.9 Å². The number of carboxylic acid groups (broad SMARTS) is 4. The lowest BCUT2D eigenvalue weighted by atomic mass is 9.96. The molecular formula is C38H65N11O15. The number of carboxylic acids is 4. The zero-order chi connectivity index (χ0) is 49.3. The number of aliphatic carboxylic acids is 4. The molecule has 7 amide bonds. The molecule has 8 atom stereocenters. The first-order valence-corrected chi connectivity index (χ1v) is 20.6. The number of nitrogens with one attached hydrogen (secondary N) is 6. The van der Waals surface area contributed by atoms with Crippen LogP contribution >= 0.6 is 0 Å². The Morgan fingerprint density at radius 3 is 1.30 bits per heavy atom. The fourth-order valence-electron chi connectivity index (χ4n) is 5.82. The van der Waals surface area contributed by atoms with E-state index < -0.39 is 152 Å². The van der Waals surface area contributed by atoms with E-state index in [9.17, 15) is 73.2 Å². The zero-order valence-electron chi connectivity index (χ0n) is 36.4. The Morgan fingerprint density at radius 2 is 0.922 bits per heavy atom. The van der Waals surface area contributed by atoms with Crippen LogP contribution in [0.2, 0.25) is 0 Å². The second-order valence-corrected chi connectivity index (χ2v) is 15.5. The number of nitrogens with zero attached hydrogens (tertiary/aromatic N) is 1. The van der Waals surface area contributed by atoms with Crippen molar-refractivity contribution < 1.29 is 73.2 Å². The van der Waals surface area contributed by atoms with Crippen LogP contribution in [0.25, 0.3) is 0 Å². The number of hydrogen-bond acceptors (Lipinski definition) is 13. The Balaban J connectivity index is 6.59. The van der Waals surface area contributed by atoms with Gasteiger partial charge in [0.15, 0.2) is 5.96 Å². The number of hydrogen-bond donors (Lipinski definition) is 14. The van der Waals surface area contributed by atoms with E-state index in [1.54, 1.807) is 27.7 Å². The molecule has 0 spiro atoms. The summed E-state index contributed by atoms with van der Waals surface area (Å²) in [6, 6.07) is -10.7. The van der Waals surface area contributed by atoms with Crippen LogP contribution in [0, 0.1) is 11.8 Å². The first-order chi connectivity index (χ1) is 29.8. The standard InChI is InChI=1S/C38H65N11O15/c1-5-19(4)30(36(62)47-24(37(63)64)7-6-16-43-38(41)42)49-34(60)23(11-15-29(55)56)45-32(58)21(9-13-27(51)52)44-33(59)22(10-14-28(53)54)46-35(61)25(17-18(2)3)48-31(57)20(39)8-12-26(40)50/h18-25,30H,5-17,39H2,1-4H3,(H2,40,50)(H,44,59)(H,45,58)(H,46,61)(H,47,62)(H,48,57)(H,49,60)(H,51,52)(H,53,54)(H,55,56)(H,63,64)(H4,41,42,43)/t19-,20-,21-,22-,23-,24-,25-,30-/m0/s1. The van der Waals surface area contributed by atoms with Crippen LogP contribution in [0.15, 0.2) is 4.99 Å². The quantitative estimate of drug-likeness (QED) is 0.0171. The van der Waals surface area contributed by atoms with Gasteiger partial charge in [0.1, 0.15) is 36.3 Å². The Kier molecular flexibility index (Phi) is 26.6. The molecule has 0 radical (unpaired) electrons. The number of rotatable bonds is 33. The minimum Gasteiger partial charge on any atom is -0.481 e. The molecular weight excluding hydrogens is 850 g/mol. The van der Waals surface area contributed by atoms with Gasteiger partial charge in [0.2, 0.25) is 41.4 Å². The Labute approximate surface area is 369 Å². The average Bonchev–Trinajstić information content (AvgIpc) is 3.19. The summed E-state index contributed by atoms with van der Waals surface area (Å²) in [4.78, 5) is 143. The van der Waals surface area contributed by atoms with Crippen molar-refractivity contribution in [2.75, 3.05) is 6.54 Å². The predicted molar refractivity (Wildman–Crippen MR) is 225 cm³/mol. The number of amides is 7. The lowest BCUT2D eigenvalue weighted by Gasteiger charge is -2.29. The van der Waals surface area contributed by atoms with Crippen LogP contribution in [0.3, 0.4) is 0 Å². The van der Waals surface area contributed by atoms with Crippen LogP contribution in [0.4, 0.5) is 0 Å². The molecule has 0 heterocycles. The number of carbonyl (C=O) groups is 11. The van der Waals surface area contributed by atoms with Crippen LogP contribution in [0.5, 0.6) is 0 Å². The van der Waals surface area contributed by atoms with E-state index in [0.717, 1.165) is 0 Å². The van der Waals surface area contributed by atoms with E-state index in [4.69, 9.17) is 22.9 Å². The normalized spacial score (nSPS) is 14.7. The summed E-state index contributed by atoms with van der Waals surface area (Å²) in [5.74, 6) is -13.7. The molecule has 0 aliphatic carbocycles. The maximum absolute atomic E-state index is 13.8. The molecule has 0 aliphatic heterocycles. The van der Waals surface area contributed by atoms with E-state index >= 15 is 0 Å². The number of aliphatic imine (C=N–C) groups is 1. The van der Waals surface area contributed by atoms with Gasteiger partial charge in [-0.15, -0.1) is 0 Å². The zero-order valence-corrected chi connectivity index (χ0v) is 36.4. The summed E-state index contributed by atoms with van der Waals surface area (Å²) in [7, 11) is 0. The minimum atomic E-state index is -1.80. The molecule has 0 fully saturated rings. The van der Waals surface area contributed by atoms with E-state index in [1.165, 1.54) is 0 Å².